The molecule has 1 fully saturated rings. The number of carbonyl (C=O) groups is 3. The molecule has 1 saturated heterocycles. The molecule has 0 aromatic carbocycles. The predicted octanol–water partition coefficient (Wildman–Crippen LogP) is 1.36. The van der Waals surface area contributed by atoms with E-state index in [1.54, 1.807) is 6.92 Å². The number of likely N-dealkylation sites (tertiary alicyclic amines) is 1. The van der Waals surface area contributed by atoms with Crippen molar-refractivity contribution in [2.75, 3.05) is 13.2 Å². The van der Waals surface area contributed by atoms with Crippen LogP contribution in [0.3, 0.4) is 0 Å². The van der Waals surface area contributed by atoms with E-state index in [1.807, 2.05) is 46.8 Å². The summed E-state index contributed by atoms with van der Waals surface area (Å²) in [6.07, 6.45) is 3.79. The maximum Gasteiger partial charge on any atom is 0.310 e. The summed E-state index contributed by atoms with van der Waals surface area (Å²) in [5, 5.41) is 12.9. The molecule has 0 unspecified atom stereocenters. The van der Waals surface area contributed by atoms with Gasteiger partial charge in [-0.25, -0.2) is 0 Å². The van der Waals surface area contributed by atoms with Crippen molar-refractivity contribution in [2.24, 2.45) is 29.6 Å². The van der Waals surface area contributed by atoms with Crippen LogP contribution in [0.2, 0.25) is 0 Å². The summed E-state index contributed by atoms with van der Waals surface area (Å²) < 4.78 is 5.24. The molecule has 2 aliphatic rings. The van der Waals surface area contributed by atoms with Crippen LogP contribution in [0.25, 0.3) is 0 Å². The van der Waals surface area contributed by atoms with Crippen LogP contribution >= 0.6 is 0 Å². The zero-order valence-corrected chi connectivity index (χ0v) is 17.7. The Hall–Kier alpha value is -1.89. The third-order valence-electron chi connectivity index (χ3n) is 5.78. The van der Waals surface area contributed by atoms with Crippen molar-refractivity contribution in [1.29, 1.82) is 0 Å². The standard InChI is InChI=1S/C21H34N2O5/c1-7-28-21(27)16-13(6)8-9-14-17(16)20(26)23(15(10-24)11(2)3)18(14)19(25)22-12(4)5/h8-9,11-18,24H,7,10H2,1-6H3,(H,22,25)/t13-,14+,15+,16-,17-,18+/m1/s1. The van der Waals surface area contributed by atoms with Gasteiger partial charge >= 0.3 is 5.97 Å². The first-order valence-corrected chi connectivity index (χ1v) is 10.2. The number of rotatable bonds is 7. The van der Waals surface area contributed by atoms with Crippen molar-refractivity contribution in [3.8, 4) is 0 Å². The van der Waals surface area contributed by atoms with Gasteiger partial charge in [0.15, 0.2) is 0 Å². The van der Waals surface area contributed by atoms with Gasteiger partial charge in [0, 0.05) is 12.0 Å². The van der Waals surface area contributed by atoms with E-state index in [0.29, 0.717) is 0 Å². The van der Waals surface area contributed by atoms with E-state index in [4.69, 9.17) is 4.74 Å². The van der Waals surface area contributed by atoms with Gasteiger partial charge in [-0.3, -0.25) is 14.4 Å². The lowest BCUT2D eigenvalue weighted by Gasteiger charge is -2.35. The number of esters is 1. The van der Waals surface area contributed by atoms with Crippen LogP contribution in [0.5, 0.6) is 0 Å². The molecule has 2 N–H and O–H groups in total. The quantitative estimate of drug-likeness (QED) is 0.502. The predicted molar refractivity (Wildman–Crippen MR) is 105 cm³/mol. The summed E-state index contributed by atoms with van der Waals surface area (Å²) >= 11 is 0. The Kier molecular flexibility index (Phi) is 7.26. The van der Waals surface area contributed by atoms with Crippen molar-refractivity contribution in [3.63, 3.8) is 0 Å². The first-order valence-electron chi connectivity index (χ1n) is 10.2. The number of nitrogens with zero attached hydrogens (tertiary/aromatic N) is 1. The Labute approximate surface area is 167 Å². The van der Waals surface area contributed by atoms with Crippen LogP contribution in [-0.4, -0.2) is 59.1 Å². The summed E-state index contributed by atoms with van der Waals surface area (Å²) in [7, 11) is 0. The molecule has 1 aliphatic heterocycles. The average Bonchev–Trinajstić information content (AvgIpc) is 2.88. The van der Waals surface area contributed by atoms with E-state index in [-0.39, 0.29) is 42.9 Å². The highest BCUT2D eigenvalue weighted by atomic mass is 16.5. The van der Waals surface area contributed by atoms with Crippen LogP contribution in [0, 0.1) is 29.6 Å². The minimum absolute atomic E-state index is 0.0362. The average molecular weight is 395 g/mol. The van der Waals surface area contributed by atoms with E-state index >= 15 is 0 Å². The van der Waals surface area contributed by atoms with Gasteiger partial charge in [-0.05, 0) is 32.6 Å². The molecular formula is C21H34N2O5. The maximum atomic E-state index is 13.5. The fourth-order valence-corrected chi connectivity index (χ4v) is 4.48. The van der Waals surface area contributed by atoms with E-state index in [1.165, 1.54) is 4.90 Å². The highest BCUT2D eigenvalue weighted by molar-refractivity contribution is 5.96. The molecule has 1 heterocycles. The van der Waals surface area contributed by atoms with Gasteiger partial charge in [-0.1, -0.05) is 32.9 Å². The molecule has 0 radical (unpaired) electrons. The minimum Gasteiger partial charge on any atom is -0.466 e. The second kappa shape index (κ2) is 9.07. The molecule has 2 rings (SSSR count). The summed E-state index contributed by atoms with van der Waals surface area (Å²) in [6, 6.07) is -1.32. The van der Waals surface area contributed by atoms with E-state index in [0.717, 1.165) is 0 Å². The smallest absolute Gasteiger partial charge is 0.310 e. The van der Waals surface area contributed by atoms with Crippen molar-refractivity contribution >= 4 is 17.8 Å². The Morgan fingerprint density at radius 2 is 1.89 bits per heavy atom. The fraction of sp³-hybridized carbons (Fsp3) is 0.762. The van der Waals surface area contributed by atoms with Crippen molar-refractivity contribution < 1.29 is 24.2 Å². The highest BCUT2D eigenvalue weighted by Crippen LogP contribution is 2.45. The Balaban J connectivity index is 2.52. The molecule has 0 aromatic rings. The Morgan fingerprint density at radius 3 is 2.39 bits per heavy atom. The fourth-order valence-electron chi connectivity index (χ4n) is 4.48. The van der Waals surface area contributed by atoms with Gasteiger partial charge in [0.05, 0.1) is 31.1 Å². The number of carbonyl (C=O) groups excluding carboxylic acids is 3. The van der Waals surface area contributed by atoms with Gasteiger partial charge < -0.3 is 20.1 Å². The number of ether oxygens (including phenoxy) is 1. The molecule has 28 heavy (non-hydrogen) atoms. The van der Waals surface area contributed by atoms with Crippen LogP contribution in [0.1, 0.15) is 41.5 Å². The summed E-state index contributed by atoms with van der Waals surface area (Å²) in [5.41, 5.74) is 0. The van der Waals surface area contributed by atoms with Gasteiger partial charge in [-0.2, -0.15) is 0 Å². The van der Waals surface area contributed by atoms with Crippen LogP contribution in [0.4, 0.5) is 0 Å². The maximum absolute atomic E-state index is 13.5. The second-order valence-electron chi connectivity index (χ2n) is 8.47. The number of amides is 2. The van der Waals surface area contributed by atoms with Crippen molar-refractivity contribution in [2.45, 2.75) is 59.7 Å². The van der Waals surface area contributed by atoms with E-state index in [2.05, 4.69) is 5.32 Å². The van der Waals surface area contributed by atoms with E-state index in [9.17, 15) is 19.5 Å². The minimum atomic E-state index is -0.750. The molecular weight excluding hydrogens is 360 g/mol. The number of aliphatic hydroxyl groups is 1. The molecule has 7 heteroatoms. The van der Waals surface area contributed by atoms with Gasteiger partial charge in [-0.15, -0.1) is 0 Å². The third kappa shape index (κ3) is 4.09. The Bertz CT molecular complexity index is 630. The Morgan fingerprint density at radius 1 is 1.25 bits per heavy atom. The molecule has 2 amide bonds. The zero-order valence-electron chi connectivity index (χ0n) is 17.7. The monoisotopic (exact) mass is 394 g/mol. The summed E-state index contributed by atoms with van der Waals surface area (Å²) in [5.74, 6) is -2.83. The molecule has 0 spiro atoms. The molecule has 0 saturated carbocycles. The number of aliphatic hydroxyl groups excluding tert-OH is 1. The number of fused-ring (bicyclic) bond motifs is 1. The lowest BCUT2D eigenvalue weighted by molar-refractivity contribution is -0.156. The third-order valence-corrected chi connectivity index (χ3v) is 5.78. The largest absolute Gasteiger partial charge is 0.466 e. The van der Waals surface area contributed by atoms with E-state index < -0.39 is 35.8 Å². The molecule has 7 nitrogen and oxygen atoms in total. The van der Waals surface area contributed by atoms with Crippen LogP contribution in [0.15, 0.2) is 12.2 Å². The highest BCUT2D eigenvalue weighted by Gasteiger charge is 2.58. The molecule has 0 aromatic heterocycles. The molecule has 1 aliphatic carbocycles. The zero-order chi connectivity index (χ0) is 21.2. The van der Waals surface area contributed by atoms with Crippen LogP contribution < -0.4 is 5.32 Å². The second-order valence-corrected chi connectivity index (χ2v) is 8.47. The topological polar surface area (TPSA) is 95.9 Å². The number of nitrogens with one attached hydrogen (secondary N) is 1. The SMILES string of the molecule is CCOC(=O)[C@H]1[C@@H]2C(=O)N([C@@H](CO)C(C)C)[C@H](C(=O)NC(C)C)[C@H]2C=C[C@H]1C. The van der Waals surface area contributed by atoms with Crippen LogP contribution in [-0.2, 0) is 19.1 Å². The molecule has 6 atom stereocenters. The molecule has 158 valence electrons. The summed E-state index contributed by atoms with van der Waals surface area (Å²) in [4.78, 5) is 40.7. The van der Waals surface area contributed by atoms with Crippen molar-refractivity contribution in [3.05, 3.63) is 12.2 Å². The van der Waals surface area contributed by atoms with Gasteiger partial charge in [0.1, 0.15) is 6.04 Å². The van der Waals surface area contributed by atoms with Crippen molar-refractivity contribution in [1.82, 2.24) is 10.2 Å². The first-order chi connectivity index (χ1) is 13.1. The number of hydrogen-bond donors (Lipinski definition) is 2. The summed E-state index contributed by atoms with van der Waals surface area (Å²) in [6.45, 7) is 11.2. The first kappa shape index (κ1) is 22.4. The molecule has 0 bridgehead atoms. The number of allylic oxidation sites excluding steroid dienone is 1. The van der Waals surface area contributed by atoms with Gasteiger partial charge in [0.25, 0.3) is 0 Å². The van der Waals surface area contributed by atoms with Gasteiger partial charge in [0.2, 0.25) is 11.8 Å². The lowest BCUT2D eigenvalue weighted by atomic mass is 9.70. The number of hydrogen-bond acceptors (Lipinski definition) is 5. The normalized spacial score (nSPS) is 30.5. The lowest BCUT2D eigenvalue weighted by Crippen LogP contribution is -2.54.